The molecule has 0 aliphatic heterocycles. The van der Waals surface area contributed by atoms with Gasteiger partial charge in [0.15, 0.2) is 0 Å². The zero-order valence-corrected chi connectivity index (χ0v) is 19.7. The lowest BCUT2D eigenvalue weighted by Crippen LogP contribution is -2.40. The summed E-state index contributed by atoms with van der Waals surface area (Å²) in [6.07, 6.45) is 12.7. The Labute approximate surface area is 192 Å². The largest absolute Gasteiger partial charge is 0.328 e. The SMILES string of the molecule is CCC1(CCCl)C2CC3(c4ccccc4)CC2(C(=S)/N=C/C2CCC(N)CC2)CC31. The van der Waals surface area contributed by atoms with Crippen molar-refractivity contribution < 1.29 is 0 Å². The molecule has 6 rings (SSSR count). The highest BCUT2D eigenvalue weighted by Gasteiger charge is 2.80. The van der Waals surface area contributed by atoms with E-state index >= 15 is 0 Å². The third-order valence-corrected chi connectivity index (χ3v) is 10.4. The van der Waals surface area contributed by atoms with Crippen molar-refractivity contribution >= 4 is 35.0 Å². The zero-order chi connectivity index (χ0) is 21.0. The van der Waals surface area contributed by atoms with Crippen molar-refractivity contribution in [3.63, 3.8) is 0 Å². The molecule has 5 fully saturated rings. The lowest BCUT2D eigenvalue weighted by Gasteiger charge is -2.43. The van der Waals surface area contributed by atoms with Gasteiger partial charge < -0.3 is 5.73 Å². The normalized spacial score (nSPS) is 44.4. The maximum Gasteiger partial charge on any atom is 0.109 e. The second kappa shape index (κ2) is 7.67. The van der Waals surface area contributed by atoms with Gasteiger partial charge in [-0.3, -0.25) is 4.99 Å². The van der Waals surface area contributed by atoms with Gasteiger partial charge in [-0.1, -0.05) is 49.5 Å². The van der Waals surface area contributed by atoms with E-state index in [2.05, 4.69) is 43.5 Å². The summed E-state index contributed by atoms with van der Waals surface area (Å²) in [4.78, 5) is 6.01. The van der Waals surface area contributed by atoms with Crippen LogP contribution in [0.4, 0.5) is 0 Å². The number of rotatable bonds is 6. The maximum absolute atomic E-state index is 6.39. The number of halogens is 1. The lowest BCUT2D eigenvalue weighted by molar-refractivity contribution is 0.108. The fraction of sp³-hybridized carbons (Fsp3) is 0.692. The first-order valence-corrected chi connectivity index (χ1v) is 12.9. The minimum absolute atomic E-state index is 0.0967. The molecule has 5 saturated carbocycles. The van der Waals surface area contributed by atoms with Crippen LogP contribution in [0.25, 0.3) is 0 Å². The summed E-state index contributed by atoms with van der Waals surface area (Å²) in [5.74, 6) is 2.61. The van der Waals surface area contributed by atoms with Gasteiger partial charge in [-0.05, 0) is 91.9 Å². The first-order chi connectivity index (χ1) is 14.5. The van der Waals surface area contributed by atoms with E-state index in [9.17, 15) is 0 Å². The molecule has 4 heteroatoms. The van der Waals surface area contributed by atoms with Crippen molar-refractivity contribution in [1.82, 2.24) is 0 Å². The fourth-order valence-electron chi connectivity index (χ4n) is 8.40. The average molecular weight is 443 g/mol. The van der Waals surface area contributed by atoms with Gasteiger partial charge >= 0.3 is 0 Å². The number of hydrogen-bond donors (Lipinski definition) is 1. The summed E-state index contributed by atoms with van der Waals surface area (Å²) >= 11 is 12.5. The van der Waals surface area contributed by atoms with E-state index in [4.69, 9.17) is 34.5 Å². The van der Waals surface area contributed by atoms with Gasteiger partial charge in [-0.15, -0.1) is 11.6 Å². The molecule has 0 aromatic heterocycles. The molecule has 2 nitrogen and oxygen atoms in total. The number of alkyl halides is 1. The Kier molecular flexibility index (Phi) is 5.40. The predicted molar refractivity (Wildman–Crippen MR) is 130 cm³/mol. The van der Waals surface area contributed by atoms with Crippen molar-refractivity contribution in [1.29, 1.82) is 0 Å². The molecule has 5 unspecified atom stereocenters. The number of benzene rings is 1. The second-order valence-corrected chi connectivity index (χ2v) is 11.4. The molecule has 1 aromatic rings. The third kappa shape index (κ3) is 2.84. The van der Waals surface area contributed by atoms with Crippen molar-refractivity contribution in [2.75, 3.05) is 5.88 Å². The van der Waals surface area contributed by atoms with Gasteiger partial charge in [0.2, 0.25) is 0 Å². The highest BCUT2D eigenvalue weighted by Crippen LogP contribution is 2.84. The standard InChI is InChI=1S/C26H35ClN2S/c1-2-24(12-13-27)21-15-26(23(30)29-16-18-8-10-20(28)11-9-18)17-25(21,14-22(24)26)19-6-4-3-5-7-19/h3-7,16,18,20-22H,2,8-15,17,28H2,1H3/b29-16+. The molecule has 5 atom stereocenters. The zero-order valence-electron chi connectivity index (χ0n) is 18.2. The lowest BCUT2D eigenvalue weighted by atomic mass is 9.61. The summed E-state index contributed by atoms with van der Waals surface area (Å²) < 4.78 is 0. The van der Waals surface area contributed by atoms with Crippen LogP contribution in [0.3, 0.4) is 0 Å². The van der Waals surface area contributed by atoms with Gasteiger partial charge in [-0.25, -0.2) is 0 Å². The summed E-state index contributed by atoms with van der Waals surface area (Å²) in [7, 11) is 0. The summed E-state index contributed by atoms with van der Waals surface area (Å²) in [5, 5.41) is 0. The summed E-state index contributed by atoms with van der Waals surface area (Å²) in [6.45, 7) is 2.38. The highest BCUT2D eigenvalue weighted by atomic mass is 35.5. The number of nitrogens with zero attached hydrogens (tertiary/aromatic N) is 1. The van der Waals surface area contributed by atoms with Crippen LogP contribution in [-0.4, -0.2) is 23.1 Å². The van der Waals surface area contributed by atoms with E-state index in [1.807, 2.05) is 0 Å². The van der Waals surface area contributed by atoms with Crippen LogP contribution in [0.5, 0.6) is 0 Å². The van der Waals surface area contributed by atoms with Crippen LogP contribution in [0.1, 0.15) is 70.3 Å². The molecule has 0 saturated heterocycles. The van der Waals surface area contributed by atoms with E-state index < -0.39 is 0 Å². The summed E-state index contributed by atoms with van der Waals surface area (Å²) in [6, 6.07) is 11.6. The van der Waals surface area contributed by atoms with Crippen molar-refractivity contribution in [3.05, 3.63) is 35.9 Å². The Morgan fingerprint density at radius 3 is 2.57 bits per heavy atom. The molecule has 1 aromatic carbocycles. The van der Waals surface area contributed by atoms with Crippen LogP contribution in [0.2, 0.25) is 0 Å². The maximum atomic E-state index is 6.39. The average Bonchev–Trinajstić information content (AvgIpc) is 3.46. The van der Waals surface area contributed by atoms with Gasteiger partial charge in [-0.2, -0.15) is 0 Å². The molecule has 0 radical (unpaired) electrons. The Morgan fingerprint density at radius 1 is 1.17 bits per heavy atom. The van der Waals surface area contributed by atoms with Gasteiger partial charge in [0.25, 0.3) is 0 Å². The monoisotopic (exact) mass is 442 g/mol. The van der Waals surface area contributed by atoms with Gasteiger partial charge in [0, 0.05) is 23.6 Å². The van der Waals surface area contributed by atoms with Crippen LogP contribution >= 0.6 is 23.8 Å². The third-order valence-electron chi connectivity index (χ3n) is 9.70. The first-order valence-electron chi connectivity index (χ1n) is 12.0. The molecular weight excluding hydrogens is 408 g/mol. The quantitative estimate of drug-likeness (QED) is 0.319. The molecule has 0 spiro atoms. The molecule has 0 heterocycles. The van der Waals surface area contributed by atoms with E-state index in [0.29, 0.717) is 29.2 Å². The molecule has 2 N–H and O–H groups in total. The smallest absolute Gasteiger partial charge is 0.109 e. The van der Waals surface area contributed by atoms with Crippen molar-refractivity contribution in [2.24, 2.45) is 39.3 Å². The Hall–Kier alpha value is -0.770. The molecule has 30 heavy (non-hydrogen) atoms. The van der Waals surface area contributed by atoms with Crippen LogP contribution in [0, 0.1) is 28.6 Å². The fourth-order valence-corrected chi connectivity index (χ4v) is 9.11. The molecule has 4 bridgehead atoms. The Morgan fingerprint density at radius 2 is 1.90 bits per heavy atom. The molecule has 5 aliphatic rings. The van der Waals surface area contributed by atoms with E-state index in [-0.39, 0.29) is 10.8 Å². The minimum Gasteiger partial charge on any atom is -0.328 e. The molecule has 0 amide bonds. The van der Waals surface area contributed by atoms with Gasteiger partial charge in [0.05, 0.1) is 0 Å². The Bertz CT molecular complexity index is 833. The van der Waals surface area contributed by atoms with Crippen LogP contribution in [-0.2, 0) is 5.41 Å². The number of thiocarbonyl (C=S) groups is 1. The topological polar surface area (TPSA) is 38.4 Å². The van der Waals surface area contributed by atoms with Gasteiger partial charge in [0.1, 0.15) is 4.99 Å². The van der Waals surface area contributed by atoms with Crippen molar-refractivity contribution in [2.45, 2.75) is 76.2 Å². The predicted octanol–water partition coefficient (Wildman–Crippen LogP) is 6.30. The first kappa shape index (κ1) is 21.1. The molecular formula is C26H35ClN2S. The number of aliphatic imine (C=N–C) groups is 1. The van der Waals surface area contributed by atoms with Crippen LogP contribution in [0.15, 0.2) is 35.3 Å². The van der Waals surface area contributed by atoms with E-state index in [1.54, 1.807) is 0 Å². The van der Waals surface area contributed by atoms with Crippen LogP contribution < -0.4 is 5.73 Å². The van der Waals surface area contributed by atoms with E-state index in [0.717, 1.165) is 43.0 Å². The number of nitrogens with two attached hydrogens (primary N) is 1. The second-order valence-electron chi connectivity index (χ2n) is 10.7. The van der Waals surface area contributed by atoms with Crippen molar-refractivity contribution in [3.8, 4) is 0 Å². The molecule has 5 aliphatic carbocycles. The molecule has 162 valence electrons. The highest BCUT2D eigenvalue weighted by molar-refractivity contribution is 7.80. The summed E-state index contributed by atoms with van der Waals surface area (Å²) in [5.41, 5.74) is 8.30. The minimum atomic E-state index is 0.0967. The van der Waals surface area contributed by atoms with E-state index in [1.165, 1.54) is 31.2 Å². The Balaban J connectivity index is 1.47. The number of hydrogen-bond acceptors (Lipinski definition) is 2.